The van der Waals surface area contributed by atoms with Gasteiger partial charge in [-0.3, -0.25) is 0 Å². The first-order chi connectivity index (χ1) is 7.76. The van der Waals surface area contributed by atoms with Crippen LogP contribution in [0.2, 0.25) is 0 Å². The quantitative estimate of drug-likeness (QED) is 0.606. The normalized spacial score (nSPS) is 7.06. The van der Waals surface area contributed by atoms with Crippen LogP contribution in [-0.4, -0.2) is 12.2 Å². The molecule has 0 aliphatic rings. The SMILES string of the molecule is CCCCc1ccccc1.N=C=O.N=C=O. The van der Waals surface area contributed by atoms with Gasteiger partial charge in [0.1, 0.15) is 0 Å². The van der Waals surface area contributed by atoms with E-state index < -0.39 is 0 Å². The van der Waals surface area contributed by atoms with Crippen LogP contribution in [0, 0.1) is 10.8 Å². The summed E-state index contributed by atoms with van der Waals surface area (Å²) in [6.07, 6.45) is 5.33. The number of rotatable bonds is 3. The standard InChI is InChI=1S/C10H14.2CHNO/c1-2-3-7-10-8-5-4-6-9-10;2*2-1-3/h4-6,8-9H,2-3,7H2,1H3;2*2H. The highest BCUT2D eigenvalue weighted by molar-refractivity contribution is 5.26. The molecule has 0 saturated heterocycles. The summed E-state index contributed by atoms with van der Waals surface area (Å²) in [5.41, 5.74) is 1.46. The van der Waals surface area contributed by atoms with Crippen LogP contribution in [0.4, 0.5) is 0 Å². The summed E-state index contributed by atoms with van der Waals surface area (Å²) in [5.74, 6) is 0. The Morgan fingerprint density at radius 3 is 1.88 bits per heavy atom. The van der Waals surface area contributed by atoms with E-state index in [1.807, 2.05) is 0 Å². The van der Waals surface area contributed by atoms with Crippen LogP contribution < -0.4 is 0 Å². The molecule has 2 N–H and O–H groups in total. The topological polar surface area (TPSA) is 81.8 Å². The van der Waals surface area contributed by atoms with Crippen molar-refractivity contribution in [1.29, 1.82) is 10.8 Å². The van der Waals surface area contributed by atoms with E-state index in [1.165, 1.54) is 24.8 Å². The Balaban J connectivity index is 0. The summed E-state index contributed by atoms with van der Waals surface area (Å²) in [6, 6.07) is 10.6. The molecule has 0 unspecified atom stereocenters. The van der Waals surface area contributed by atoms with Crippen molar-refractivity contribution in [3.63, 3.8) is 0 Å². The molecule has 16 heavy (non-hydrogen) atoms. The van der Waals surface area contributed by atoms with E-state index in [4.69, 9.17) is 20.4 Å². The summed E-state index contributed by atoms with van der Waals surface area (Å²) in [6.45, 7) is 2.23. The van der Waals surface area contributed by atoms with E-state index in [9.17, 15) is 0 Å². The molecule has 0 aliphatic heterocycles. The molecule has 4 heteroatoms. The molecule has 0 spiro atoms. The molecule has 0 fully saturated rings. The molecule has 1 rings (SSSR count). The number of hydrogen-bond donors (Lipinski definition) is 2. The highest BCUT2D eigenvalue weighted by atomic mass is 16.1. The number of benzene rings is 1. The maximum Gasteiger partial charge on any atom is 0.231 e. The fourth-order valence-electron chi connectivity index (χ4n) is 1.03. The van der Waals surface area contributed by atoms with Crippen molar-refractivity contribution in [2.24, 2.45) is 0 Å². The predicted molar refractivity (Wildman–Crippen MR) is 61.9 cm³/mol. The van der Waals surface area contributed by atoms with E-state index >= 15 is 0 Å². The molecule has 0 radical (unpaired) electrons. The first kappa shape index (κ1) is 16.4. The number of unbranched alkanes of at least 4 members (excludes halogenated alkanes) is 1. The fourth-order valence-corrected chi connectivity index (χ4v) is 1.03. The first-order valence-electron chi connectivity index (χ1n) is 4.88. The molecule has 4 nitrogen and oxygen atoms in total. The van der Waals surface area contributed by atoms with Crippen LogP contribution >= 0.6 is 0 Å². The van der Waals surface area contributed by atoms with Crippen molar-refractivity contribution in [3.8, 4) is 0 Å². The molecule has 0 aliphatic carbocycles. The van der Waals surface area contributed by atoms with E-state index in [0.29, 0.717) is 0 Å². The molecule has 86 valence electrons. The Morgan fingerprint density at radius 1 is 1.06 bits per heavy atom. The minimum Gasteiger partial charge on any atom is -0.222 e. The lowest BCUT2D eigenvalue weighted by molar-refractivity contribution is 0.562. The van der Waals surface area contributed by atoms with E-state index in [2.05, 4.69) is 37.3 Å². The predicted octanol–water partition coefficient (Wildman–Crippen LogP) is 2.83. The third kappa shape index (κ3) is 14.5. The van der Waals surface area contributed by atoms with Crippen LogP contribution in [0.1, 0.15) is 25.3 Å². The molecule has 0 amide bonds. The maximum absolute atomic E-state index is 8.35. The average Bonchev–Trinajstić information content (AvgIpc) is 2.30. The lowest BCUT2D eigenvalue weighted by Gasteiger charge is -1.96. The largest absolute Gasteiger partial charge is 0.231 e. The zero-order valence-electron chi connectivity index (χ0n) is 9.32. The third-order valence-electron chi connectivity index (χ3n) is 1.66. The summed E-state index contributed by atoms with van der Waals surface area (Å²) in [4.78, 5) is 16.7. The minimum atomic E-state index is 0.750. The van der Waals surface area contributed by atoms with Crippen LogP contribution in [0.5, 0.6) is 0 Å². The Labute approximate surface area is 95.3 Å². The molecular weight excluding hydrogens is 204 g/mol. The summed E-state index contributed by atoms with van der Waals surface area (Å²) < 4.78 is 0. The van der Waals surface area contributed by atoms with E-state index in [0.717, 1.165) is 12.2 Å². The second-order valence-electron chi connectivity index (χ2n) is 2.79. The monoisotopic (exact) mass is 220 g/mol. The van der Waals surface area contributed by atoms with Gasteiger partial charge in [0.05, 0.1) is 0 Å². The van der Waals surface area contributed by atoms with Gasteiger partial charge in [0, 0.05) is 0 Å². The van der Waals surface area contributed by atoms with Crippen LogP contribution in [0.25, 0.3) is 0 Å². The average molecular weight is 220 g/mol. The zero-order chi connectivity index (χ0) is 12.6. The van der Waals surface area contributed by atoms with E-state index in [1.54, 1.807) is 0 Å². The Hall–Kier alpha value is -2.02. The van der Waals surface area contributed by atoms with Crippen molar-refractivity contribution in [2.45, 2.75) is 26.2 Å². The van der Waals surface area contributed by atoms with Gasteiger partial charge in [-0.15, -0.1) is 0 Å². The number of hydrogen-bond acceptors (Lipinski definition) is 4. The summed E-state index contributed by atoms with van der Waals surface area (Å²) >= 11 is 0. The van der Waals surface area contributed by atoms with Crippen molar-refractivity contribution in [2.75, 3.05) is 0 Å². The van der Waals surface area contributed by atoms with Crippen molar-refractivity contribution in [1.82, 2.24) is 0 Å². The van der Waals surface area contributed by atoms with Crippen LogP contribution in [-0.2, 0) is 16.0 Å². The van der Waals surface area contributed by atoms with Gasteiger partial charge < -0.3 is 0 Å². The van der Waals surface area contributed by atoms with Crippen LogP contribution in [0.15, 0.2) is 30.3 Å². The Morgan fingerprint density at radius 2 is 1.50 bits per heavy atom. The molecule has 0 atom stereocenters. The van der Waals surface area contributed by atoms with Gasteiger partial charge in [-0.05, 0) is 18.4 Å². The van der Waals surface area contributed by atoms with Gasteiger partial charge in [-0.2, -0.15) is 0 Å². The minimum absolute atomic E-state index is 0.750. The lowest BCUT2D eigenvalue weighted by atomic mass is 10.1. The van der Waals surface area contributed by atoms with Crippen molar-refractivity contribution < 1.29 is 9.59 Å². The molecule has 0 heterocycles. The molecular formula is C12H16N2O2. The summed E-state index contributed by atoms with van der Waals surface area (Å²) in [5, 5.41) is 10.8. The zero-order valence-corrected chi connectivity index (χ0v) is 9.32. The third-order valence-corrected chi connectivity index (χ3v) is 1.66. The molecule has 0 saturated carbocycles. The highest BCUT2D eigenvalue weighted by Crippen LogP contribution is 2.03. The van der Waals surface area contributed by atoms with Gasteiger partial charge in [-0.25, -0.2) is 20.4 Å². The van der Waals surface area contributed by atoms with Gasteiger partial charge in [0.2, 0.25) is 12.2 Å². The molecule has 0 bridgehead atoms. The second kappa shape index (κ2) is 15.5. The molecule has 0 aromatic heterocycles. The van der Waals surface area contributed by atoms with Gasteiger partial charge in [0.15, 0.2) is 0 Å². The van der Waals surface area contributed by atoms with Gasteiger partial charge in [-0.1, -0.05) is 43.7 Å². The number of aryl methyl sites for hydroxylation is 1. The Kier molecular flexibility index (Phi) is 15.8. The smallest absolute Gasteiger partial charge is 0.222 e. The number of carbonyl (C=O) groups excluding carboxylic acids is 2. The fraction of sp³-hybridized carbons (Fsp3) is 0.333. The lowest BCUT2D eigenvalue weighted by Crippen LogP contribution is -1.81. The molecule has 1 aromatic carbocycles. The number of nitrogens with one attached hydrogen (secondary N) is 2. The molecule has 1 aromatic rings. The van der Waals surface area contributed by atoms with Gasteiger partial charge in [0.25, 0.3) is 0 Å². The van der Waals surface area contributed by atoms with Crippen LogP contribution in [0.3, 0.4) is 0 Å². The number of isocyanates is 2. The van der Waals surface area contributed by atoms with Crippen molar-refractivity contribution >= 4 is 12.2 Å². The van der Waals surface area contributed by atoms with E-state index in [-0.39, 0.29) is 0 Å². The first-order valence-corrected chi connectivity index (χ1v) is 4.88. The van der Waals surface area contributed by atoms with Gasteiger partial charge >= 0.3 is 0 Å². The summed E-state index contributed by atoms with van der Waals surface area (Å²) in [7, 11) is 0. The Bertz CT molecular complexity index is 299. The van der Waals surface area contributed by atoms with Crippen molar-refractivity contribution in [3.05, 3.63) is 35.9 Å². The maximum atomic E-state index is 8.35. The second-order valence-corrected chi connectivity index (χ2v) is 2.79. The highest BCUT2D eigenvalue weighted by Gasteiger charge is 1.87.